The zero-order valence-corrected chi connectivity index (χ0v) is 15.6. The number of furan rings is 1. The Morgan fingerprint density at radius 3 is 2.75 bits per heavy atom. The molecule has 0 radical (unpaired) electrons. The maximum absolute atomic E-state index is 12.3. The van der Waals surface area contributed by atoms with E-state index >= 15 is 0 Å². The first-order chi connectivity index (χ1) is 13.4. The lowest BCUT2D eigenvalue weighted by molar-refractivity contribution is -0.141. The minimum atomic E-state index is -0.493. The van der Waals surface area contributed by atoms with E-state index in [1.54, 1.807) is 24.5 Å². The molecule has 0 atom stereocenters. The lowest BCUT2D eigenvalue weighted by Crippen LogP contribution is -2.15. The molecule has 0 saturated carbocycles. The molecule has 142 valence electrons. The van der Waals surface area contributed by atoms with Crippen LogP contribution in [0.4, 0.5) is 5.69 Å². The summed E-state index contributed by atoms with van der Waals surface area (Å²) in [5.74, 6) is -0.893. The third-order valence-corrected chi connectivity index (χ3v) is 5.02. The second-order valence-corrected chi connectivity index (χ2v) is 7.05. The summed E-state index contributed by atoms with van der Waals surface area (Å²) in [5, 5.41) is 3.59. The van der Waals surface area contributed by atoms with Crippen molar-refractivity contribution in [2.45, 2.75) is 26.7 Å². The Hall–Kier alpha value is -3.41. The number of amides is 1. The Balaban J connectivity index is 1.40. The highest BCUT2D eigenvalue weighted by atomic mass is 16.5. The molecule has 1 aliphatic heterocycles. The minimum Gasteiger partial charge on any atom is -0.464 e. The van der Waals surface area contributed by atoms with E-state index in [2.05, 4.69) is 5.32 Å². The molecular formula is C22H19NO5. The third-order valence-electron chi connectivity index (χ3n) is 5.02. The molecular weight excluding hydrogens is 358 g/mol. The number of fused-ring (bicyclic) bond motifs is 2. The number of carbonyl (C=O) groups excluding carboxylic acids is 3. The number of esters is 1. The van der Waals surface area contributed by atoms with Gasteiger partial charge in [0.15, 0.2) is 12.4 Å². The summed E-state index contributed by atoms with van der Waals surface area (Å²) in [4.78, 5) is 35.9. The summed E-state index contributed by atoms with van der Waals surface area (Å²) < 4.78 is 10.7. The van der Waals surface area contributed by atoms with Gasteiger partial charge < -0.3 is 14.5 Å². The fourth-order valence-electron chi connectivity index (χ4n) is 3.31. The molecule has 0 spiro atoms. The van der Waals surface area contributed by atoms with E-state index in [0.717, 1.165) is 38.9 Å². The SMILES string of the molecule is Cc1cc2occ(CC(=O)OCC(=O)c3ccc4c(c3)CC(=O)N4)c2cc1C. The van der Waals surface area contributed by atoms with Crippen molar-refractivity contribution in [3.8, 4) is 0 Å². The first kappa shape index (κ1) is 18.0. The average molecular weight is 377 g/mol. The van der Waals surface area contributed by atoms with Gasteiger partial charge in [0, 0.05) is 22.2 Å². The Morgan fingerprint density at radius 1 is 1.14 bits per heavy atom. The van der Waals surface area contributed by atoms with Gasteiger partial charge in [-0.15, -0.1) is 0 Å². The fourth-order valence-corrected chi connectivity index (χ4v) is 3.31. The molecule has 0 aliphatic carbocycles. The Morgan fingerprint density at radius 2 is 1.93 bits per heavy atom. The van der Waals surface area contributed by atoms with Gasteiger partial charge in [-0.2, -0.15) is 0 Å². The molecule has 4 rings (SSSR count). The number of benzene rings is 2. The highest BCUT2D eigenvalue weighted by molar-refractivity contribution is 6.03. The molecule has 0 unspecified atom stereocenters. The van der Waals surface area contributed by atoms with Gasteiger partial charge >= 0.3 is 5.97 Å². The number of carbonyl (C=O) groups is 3. The third kappa shape index (κ3) is 3.41. The second-order valence-electron chi connectivity index (χ2n) is 7.05. The minimum absolute atomic E-state index is 0.0331. The number of anilines is 1. The Kier molecular flexibility index (Phi) is 4.47. The second kappa shape index (κ2) is 6.96. The van der Waals surface area contributed by atoms with Crippen LogP contribution in [-0.4, -0.2) is 24.3 Å². The summed E-state index contributed by atoms with van der Waals surface area (Å²) in [7, 11) is 0. The number of hydrogen-bond donors (Lipinski definition) is 1. The van der Waals surface area contributed by atoms with E-state index in [9.17, 15) is 14.4 Å². The van der Waals surface area contributed by atoms with Crippen LogP contribution in [0.25, 0.3) is 11.0 Å². The number of Topliss-reactive ketones (excluding diaryl/α,β-unsaturated/α-hetero) is 1. The number of aryl methyl sites for hydroxylation is 2. The highest BCUT2D eigenvalue weighted by Crippen LogP contribution is 2.26. The van der Waals surface area contributed by atoms with Crippen LogP contribution in [-0.2, 0) is 27.2 Å². The molecule has 6 heteroatoms. The number of ether oxygens (including phenoxy) is 1. The highest BCUT2D eigenvalue weighted by Gasteiger charge is 2.20. The average Bonchev–Trinajstić information content (AvgIpc) is 3.22. The first-order valence-electron chi connectivity index (χ1n) is 8.99. The molecule has 1 amide bonds. The van der Waals surface area contributed by atoms with Crippen molar-refractivity contribution in [2.24, 2.45) is 0 Å². The largest absolute Gasteiger partial charge is 0.464 e. The molecule has 6 nitrogen and oxygen atoms in total. The normalized spacial score (nSPS) is 12.7. The van der Waals surface area contributed by atoms with Gasteiger partial charge in [0.25, 0.3) is 0 Å². The van der Waals surface area contributed by atoms with Gasteiger partial charge in [0.1, 0.15) is 5.58 Å². The van der Waals surface area contributed by atoms with Gasteiger partial charge in [-0.1, -0.05) is 0 Å². The monoisotopic (exact) mass is 377 g/mol. The molecule has 0 saturated heterocycles. The van der Waals surface area contributed by atoms with E-state index in [4.69, 9.17) is 9.15 Å². The van der Waals surface area contributed by atoms with Crippen molar-refractivity contribution in [1.29, 1.82) is 0 Å². The van der Waals surface area contributed by atoms with E-state index in [1.807, 2.05) is 26.0 Å². The van der Waals surface area contributed by atoms with E-state index < -0.39 is 5.97 Å². The van der Waals surface area contributed by atoms with E-state index in [1.165, 1.54) is 0 Å². The van der Waals surface area contributed by atoms with E-state index in [0.29, 0.717) is 5.56 Å². The predicted molar refractivity (Wildman–Crippen MR) is 103 cm³/mol. The van der Waals surface area contributed by atoms with Crippen molar-refractivity contribution < 1.29 is 23.5 Å². The van der Waals surface area contributed by atoms with Crippen LogP contribution in [0.2, 0.25) is 0 Å². The summed E-state index contributed by atoms with van der Waals surface area (Å²) in [6, 6.07) is 8.91. The quantitative estimate of drug-likeness (QED) is 0.543. The van der Waals surface area contributed by atoms with Gasteiger partial charge in [-0.05, 0) is 60.9 Å². The Bertz CT molecular complexity index is 1130. The molecule has 3 aromatic rings. The molecule has 2 aromatic carbocycles. The number of rotatable bonds is 5. The molecule has 0 fully saturated rings. The number of hydrogen-bond acceptors (Lipinski definition) is 5. The van der Waals surface area contributed by atoms with Crippen LogP contribution < -0.4 is 5.32 Å². The van der Waals surface area contributed by atoms with E-state index in [-0.39, 0.29) is 31.1 Å². The van der Waals surface area contributed by atoms with Crippen LogP contribution in [0, 0.1) is 13.8 Å². The summed E-state index contributed by atoms with van der Waals surface area (Å²) in [6.07, 6.45) is 1.84. The van der Waals surface area contributed by atoms with Crippen molar-refractivity contribution in [1.82, 2.24) is 0 Å². The number of ketones is 1. The van der Waals surface area contributed by atoms with Crippen LogP contribution in [0.3, 0.4) is 0 Å². The zero-order valence-electron chi connectivity index (χ0n) is 15.6. The van der Waals surface area contributed by atoms with Crippen molar-refractivity contribution in [3.63, 3.8) is 0 Å². The molecule has 1 aliphatic rings. The Labute approximate surface area is 161 Å². The van der Waals surface area contributed by atoms with Gasteiger partial charge in [0.2, 0.25) is 5.91 Å². The predicted octanol–water partition coefficient (Wildman–Crippen LogP) is 3.51. The lowest BCUT2D eigenvalue weighted by Gasteiger charge is -2.06. The smallest absolute Gasteiger partial charge is 0.310 e. The molecule has 1 N–H and O–H groups in total. The standard InChI is InChI=1S/C22H19NO5/c1-12-5-17-16(10-27-20(17)6-13(12)2)9-22(26)28-11-19(24)14-3-4-18-15(7-14)8-21(25)23-18/h3-7,10H,8-9,11H2,1-2H3,(H,23,25). The van der Waals surface area contributed by atoms with Crippen molar-refractivity contribution >= 4 is 34.3 Å². The van der Waals surface area contributed by atoms with Crippen LogP contribution in [0.1, 0.15) is 32.6 Å². The van der Waals surface area contributed by atoms with Crippen LogP contribution in [0.15, 0.2) is 41.0 Å². The summed E-state index contributed by atoms with van der Waals surface area (Å²) >= 11 is 0. The topological polar surface area (TPSA) is 85.6 Å². The maximum Gasteiger partial charge on any atom is 0.310 e. The summed E-state index contributed by atoms with van der Waals surface area (Å²) in [6.45, 7) is 3.66. The van der Waals surface area contributed by atoms with Crippen molar-refractivity contribution in [2.75, 3.05) is 11.9 Å². The maximum atomic E-state index is 12.3. The van der Waals surface area contributed by atoms with Gasteiger partial charge in [-0.25, -0.2) is 0 Å². The molecule has 1 aromatic heterocycles. The lowest BCUT2D eigenvalue weighted by atomic mass is 10.0. The fraction of sp³-hybridized carbons (Fsp3) is 0.227. The van der Waals surface area contributed by atoms with Crippen LogP contribution in [0.5, 0.6) is 0 Å². The molecule has 2 heterocycles. The van der Waals surface area contributed by atoms with Crippen molar-refractivity contribution in [3.05, 3.63) is 64.4 Å². The van der Waals surface area contributed by atoms with Gasteiger partial charge in [0.05, 0.1) is 19.1 Å². The summed E-state index contributed by atoms with van der Waals surface area (Å²) in [5.41, 5.74) is 5.61. The van der Waals surface area contributed by atoms with Crippen LogP contribution >= 0.6 is 0 Å². The molecule has 0 bridgehead atoms. The number of nitrogens with one attached hydrogen (secondary N) is 1. The first-order valence-corrected chi connectivity index (χ1v) is 8.99. The molecule has 28 heavy (non-hydrogen) atoms. The zero-order chi connectivity index (χ0) is 19.8. The van der Waals surface area contributed by atoms with Gasteiger partial charge in [-0.3, -0.25) is 14.4 Å².